The first-order valence-electron chi connectivity index (χ1n) is 8.81. The fraction of sp³-hybridized carbons (Fsp3) is 0.800. The van der Waals surface area contributed by atoms with Crippen LogP contribution in [0.3, 0.4) is 0 Å². The van der Waals surface area contributed by atoms with Gasteiger partial charge in [0.25, 0.3) is 0 Å². The Bertz CT molecular complexity index is 451. The maximum atomic E-state index is 2.60. The van der Waals surface area contributed by atoms with Crippen LogP contribution in [0.4, 0.5) is 0 Å². The number of hydrogen-bond acceptors (Lipinski definition) is 0. The van der Waals surface area contributed by atoms with Crippen molar-refractivity contribution in [1.82, 2.24) is 0 Å². The Kier molecular flexibility index (Phi) is 3.63. The van der Waals surface area contributed by atoms with Crippen molar-refractivity contribution in [2.24, 2.45) is 29.1 Å². The van der Waals surface area contributed by atoms with Gasteiger partial charge in [-0.2, -0.15) is 0 Å². The van der Waals surface area contributed by atoms with Gasteiger partial charge in [-0.05, 0) is 80.1 Å². The molecule has 0 heterocycles. The summed E-state index contributed by atoms with van der Waals surface area (Å²) < 4.78 is 0. The fourth-order valence-corrected chi connectivity index (χ4v) is 5.50. The van der Waals surface area contributed by atoms with Crippen LogP contribution in [0.25, 0.3) is 0 Å². The maximum Gasteiger partial charge on any atom is -0.0124 e. The van der Waals surface area contributed by atoms with E-state index in [1.165, 1.54) is 38.5 Å². The topological polar surface area (TPSA) is 0 Å². The summed E-state index contributed by atoms with van der Waals surface area (Å²) in [6, 6.07) is 0. The van der Waals surface area contributed by atoms with Gasteiger partial charge in [0, 0.05) is 0 Å². The molecule has 0 spiro atoms. The van der Waals surface area contributed by atoms with E-state index in [4.69, 9.17) is 0 Å². The van der Waals surface area contributed by atoms with E-state index in [1.807, 2.05) is 0 Å². The van der Waals surface area contributed by atoms with Crippen molar-refractivity contribution in [3.63, 3.8) is 0 Å². The highest BCUT2D eigenvalue weighted by molar-refractivity contribution is 5.43. The Labute approximate surface area is 125 Å². The Balaban J connectivity index is 1.94. The van der Waals surface area contributed by atoms with Crippen molar-refractivity contribution >= 4 is 0 Å². The van der Waals surface area contributed by atoms with Crippen LogP contribution >= 0.6 is 0 Å². The quantitative estimate of drug-likeness (QED) is 0.537. The van der Waals surface area contributed by atoms with Gasteiger partial charge in [-0.3, -0.25) is 0 Å². The van der Waals surface area contributed by atoms with Crippen molar-refractivity contribution in [2.45, 2.75) is 73.1 Å². The SMILES string of the molecule is CC1=CCC2=C1C[C@@]1(C)CC[C@H](C(C)C)[C@@H]1CC[C@@H]2C. The number of hydrogen-bond donors (Lipinski definition) is 0. The number of fused-ring (bicyclic) bond motifs is 1. The monoisotopic (exact) mass is 272 g/mol. The molecule has 0 aromatic carbocycles. The highest BCUT2D eigenvalue weighted by Crippen LogP contribution is 2.57. The van der Waals surface area contributed by atoms with Gasteiger partial charge in [0.1, 0.15) is 0 Å². The second-order valence-electron chi connectivity index (χ2n) is 8.46. The summed E-state index contributed by atoms with van der Waals surface area (Å²) in [5, 5.41) is 0. The first kappa shape index (κ1) is 14.4. The molecule has 3 aliphatic rings. The summed E-state index contributed by atoms with van der Waals surface area (Å²) in [5.41, 5.74) is 5.72. The maximum absolute atomic E-state index is 2.60. The highest BCUT2D eigenvalue weighted by atomic mass is 14.5. The van der Waals surface area contributed by atoms with E-state index in [0.717, 1.165) is 23.7 Å². The van der Waals surface area contributed by atoms with Gasteiger partial charge in [0.2, 0.25) is 0 Å². The van der Waals surface area contributed by atoms with Crippen molar-refractivity contribution in [3.05, 3.63) is 22.8 Å². The second kappa shape index (κ2) is 5.04. The molecule has 0 bridgehead atoms. The minimum absolute atomic E-state index is 0.578. The van der Waals surface area contributed by atoms with E-state index in [2.05, 4.69) is 40.7 Å². The molecule has 3 aliphatic carbocycles. The third-order valence-electron chi connectivity index (χ3n) is 6.90. The van der Waals surface area contributed by atoms with Gasteiger partial charge in [-0.25, -0.2) is 0 Å². The zero-order valence-corrected chi connectivity index (χ0v) is 14.1. The van der Waals surface area contributed by atoms with Gasteiger partial charge < -0.3 is 0 Å². The van der Waals surface area contributed by atoms with E-state index in [0.29, 0.717) is 5.41 Å². The van der Waals surface area contributed by atoms with Crippen LogP contribution in [0, 0.1) is 29.1 Å². The lowest BCUT2D eigenvalue weighted by atomic mass is 9.65. The molecule has 4 atom stereocenters. The van der Waals surface area contributed by atoms with Crippen molar-refractivity contribution in [2.75, 3.05) is 0 Å². The summed E-state index contributed by atoms with van der Waals surface area (Å²) in [6.45, 7) is 12.3. The Morgan fingerprint density at radius 1 is 1.20 bits per heavy atom. The summed E-state index contributed by atoms with van der Waals surface area (Å²) in [7, 11) is 0. The molecule has 0 N–H and O–H groups in total. The smallest absolute Gasteiger partial charge is 0.0124 e. The summed E-state index contributed by atoms with van der Waals surface area (Å²) in [6.07, 6.45) is 10.9. The van der Waals surface area contributed by atoms with Crippen molar-refractivity contribution in [1.29, 1.82) is 0 Å². The average molecular weight is 272 g/mol. The standard InChI is InChI=1S/C20H32/c1-13(2)16-10-11-20(5)12-18-15(4)6-8-17(18)14(3)7-9-19(16)20/h6,13-14,16,19H,7-12H2,1-5H3/t14-,16+,19-,20+/m0/s1. The Morgan fingerprint density at radius 3 is 2.65 bits per heavy atom. The zero-order valence-electron chi connectivity index (χ0n) is 14.1. The Hall–Kier alpha value is -0.520. The lowest BCUT2D eigenvalue weighted by Gasteiger charge is -2.39. The van der Waals surface area contributed by atoms with Crippen LogP contribution in [0.15, 0.2) is 22.8 Å². The van der Waals surface area contributed by atoms with E-state index in [9.17, 15) is 0 Å². The lowest BCUT2D eigenvalue weighted by molar-refractivity contribution is 0.142. The van der Waals surface area contributed by atoms with Gasteiger partial charge in [0.15, 0.2) is 0 Å². The largest absolute Gasteiger partial charge is 0.0772 e. The Morgan fingerprint density at radius 2 is 1.95 bits per heavy atom. The molecule has 112 valence electrons. The predicted octanol–water partition coefficient (Wildman–Crippen LogP) is 6.14. The molecule has 20 heavy (non-hydrogen) atoms. The van der Waals surface area contributed by atoms with Crippen LogP contribution < -0.4 is 0 Å². The van der Waals surface area contributed by atoms with Gasteiger partial charge in [-0.1, -0.05) is 44.9 Å². The molecule has 3 rings (SSSR count). The first-order chi connectivity index (χ1) is 9.42. The van der Waals surface area contributed by atoms with Crippen molar-refractivity contribution < 1.29 is 0 Å². The van der Waals surface area contributed by atoms with E-state index in [1.54, 1.807) is 16.7 Å². The van der Waals surface area contributed by atoms with Crippen LogP contribution in [-0.4, -0.2) is 0 Å². The fourth-order valence-electron chi connectivity index (χ4n) is 5.50. The van der Waals surface area contributed by atoms with Crippen molar-refractivity contribution in [3.8, 4) is 0 Å². The van der Waals surface area contributed by atoms with Gasteiger partial charge in [-0.15, -0.1) is 0 Å². The molecular formula is C20H32. The van der Waals surface area contributed by atoms with E-state index >= 15 is 0 Å². The molecule has 1 fully saturated rings. The van der Waals surface area contributed by atoms with Crippen LogP contribution in [-0.2, 0) is 0 Å². The molecule has 0 unspecified atom stereocenters. The van der Waals surface area contributed by atoms with Crippen LogP contribution in [0.1, 0.15) is 73.1 Å². The average Bonchev–Trinajstić information content (AvgIpc) is 2.88. The second-order valence-corrected chi connectivity index (χ2v) is 8.46. The van der Waals surface area contributed by atoms with E-state index in [-0.39, 0.29) is 0 Å². The molecular weight excluding hydrogens is 240 g/mol. The van der Waals surface area contributed by atoms with E-state index < -0.39 is 0 Å². The minimum Gasteiger partial charge on any atom is -0.0772 e. The molecule has 0 nitrogen and oxygen atoms in total. The van der Waals surface area contributed by atoms with Crippen LogP contribution in [0.2, 0.25) is 0 Å². The molecule has 1 saturated carbocycles. The van der Waals surface area contributed by atoms with Crippen LogP contribution in [0.5, 0.6) is 0 Å². The molecule has 0 saturated heterocycles. The zero-order chi connectivity index (χ0) is 14.5. The molecule has 0 heteroatoms. The molecule has 0 aromatic heterocycles. The summed E-state index contributed by atoms with van der Waals surface area (Å²) in [5.74, 6) is 3.62. The number of allylic oxidation sites excluding steroid dienone is 4. The minimum atomic E-state index is 0.578. The summed E-state index contributed by atoms with van der Waals surface area (Å²) >= 11 is 0. The third kappa shape index (κ3) is 2.20. The third-order valence-corrected chi connectivity index (χ3v) is 6.90. The molecule has 0 amide bonds. The first-order valence-corrected chi connectivity index (χ1v) is 8.81. The van der Waals surface area contributed by atoms with Gasteiger partial charge >= 0.3 is 0 Å². The lowest BCUT2D eigenvalue weighted by Crippen LogP contribution is -2.30. The normalized spacial score (nSPS) is 41.3. The highest BCUT2D eigenvalue weighted by Gasteiger charge is 2.47. The summed E-state index contributed by atoms with van der Waals surface area (Å²) in [4.78, 5) is 0. The number of rotatable bonds is 1. The predicted molar refractivity (Wildman–Crippen MR) is 87.6 cm³/mol. The molecule has 0 radical (unpaired) electrons. The molecule has 0 aromatic rings. The van der Waals surface area contributed by atoms with Gasteiger partial charge in [0.05, 0.1) is 0 Å². The molecule has 0 aliphatic heterocycles.